The van der Waals surface area contributed by atoms with E-state index in [0.29, 0.717) is 16.4 Å². The van der Waals surface area contributed by atoms with Gasteiger partial charge in [-0.05, 0) is 48.7 Å². The molecule has 3 aromatic rings. The molecular formula is C20H22N4O4S3. The van der Waals surface area contributed by atoms with Crippen molar-refractivity contribution in [2.75, 3.05) is 23.4 Å². The second kappa shape index (κ2) is 9.67. The Bertz CT molecular complexity index is 1180. The number of aromatic nitrogens is 2. The molecule has 164 valence electrons. The van der Waals surface area contributed by atoms with Crippen LogP contribution in [0.3, 0.4) is 0 Å². The number of sulfonamides is 1. The molecule has 1 aromatic heterocycles. The van der Waals surface area contributed by atoms with Gasteiger partial charge in [0.25, 0.3) is 10.0 Å². The van der Waals surface area contributed by atoms with Gasteiger partial charge in [-0.15, -0.1) is 22.0 Å². The molecule has 11 heteroatoms. The van der Waals surface area contributed by atoms with Gasteiger partial charge in [0.05, 0.1) is 17.7 Å². The van der Waals surface area contributed by atoms with Crippen LogP contribution in [-0.4, -0.2) is 37.9 Å². The summed E-state index contributed by atoms with van der Waals surface area (Å²) in [5.74, 6) is 0.292. The molecule has 0 saturated heterocycles. The van der Waals surface area contributed by atoms with E-state index in [2.05, 4.69) is 20.2 Å². The lowest BCUT2D eigenvalue weighted by Crippen LogP contribution is -2.19. The fourth-order valence-electron chi connectivity index (χ4n) is 2.52. The number of nitrogens with one attached hydrogen (secondary N) is 2. The summed E-state index contributed by atoms with van der Waals surface area (Å²) in [5.41, 5.74) is 1.25. The molecule has 0 saturated carbocycles. The van der Waals surface area contributed by atoms with Crippen LogP contribution >= 0.6 is 23.1 Å². The lowest BCUT2D eigenvalue weighted by molar-refractivity contribution is -0.118. The van der Waals surface area contributed by atoms with Gasteiger partial charge in [0.2, 0.25) is 11.0 Å². The molecule has 0 spiro atoms. The Labute approximate surface area is 189 Å². The summed E-state index contributed by atoms with van der Waals surface area (Å²) in [7, 11) is -2.34. The second-order valence-corrected chi connectivity index (χ2v) is 10.3. The van der Waals surface area contributed by atoms with Gasteiger partial charge in [-0.25, -0.2) is 8.42 Å². The Kier molecular flexibility index (Phi) is 7.19. The molecule has 0 radical (unpaired) electrons. The number of anilines is 2. The van der Waals surface area contributed by atoms with E-state index < -0.39 is 10.0 Å². The minimum atomic E-state index is -3.92. The number of methoxy groups -OCH3 is 1. The van der Waals surface area contributed by atoms with E-state index in [4.69, 9.17) is 4.74 Å². The van der Waals surface area contributed by atoms with Crippen LogP contribution < -0.4 is 14.8 Å². The van der Waals surface area contributed by atoms with Crippen molar-refractivity contribution in [3.63, 3.8) is 0 Å². The highest BCUT2D eigenvalue weighted by molar-refractivity contribution is 7.98. The minimum Gasteiger partial charge on any atom is -0.497 e. The number of amides is 1. The van der Waals surface area contributed by atoms with Gasteiger partial charge in [-0.2, -0.15) is 0 Å². The number of carbonyl (C=O) groups excluding carboxylic acids is 1. The average molecular weight is 479 g/mol. The van der Waals surface area contributed by atoms with Gasteiger partial charge < -0.3 is 10.1 Å². The molecule has 0 aliphatic heterocycles. The molecule has 3 rings (SSSR count). The van der Waals surface area contributed by atoms with Gasteiger partial charge in [0.1, 0.15) is 10.8 Å². The molecule has 2 N–H and O–H groups in total. The monoisotopic (exact) mass is 478 g/mol. The number of rotatable bonds is 8. The molecule has 2 aromatic carbocycles. The first-order valence-electron chi connectivity index (χ1n) is 9.23. The van der Waals surface area contributed by atoms with Crippen molar-refractivity contribution >= 4 is 49.8 Å². The van der Waals surface area contributed by atoms with Crippen molar-refractivity contribution in [3.8, 4) is 16.3 Å². The lowest BCUT2D eigenvalue weighted by atomic mass is 10.2. The van der Waals surface area contributed by atoms with Crippen molar-refractivity contribution < 1.29 is 17.9 Å². The van der Waals surface area contributed by atoms with Gasteiger partial charge in [-0.3, -0.25) is 9.52 Å². The van der Waals surface area contributed by atoms with Crippen molar-refractivity contribution in [1.82, 2.24) is 10.2 Å². The zero-order chi connectivity index (χ0) is 22.6. The van der Waals surface area contributed by atoms with Crippen molar-refractivity contribution in [2.45, 2.75) is 23.6 Å². The number of benzene rings is 2. The minimum absolute atomic E-state index is 0.0190. The van der Waals surface area contributed by atoms with Gasteiger partial charge >= 0.3 is 0 Å². The Morgan fingerprint density at radius 3 is 2.45 bits per heavy atom. The summed E-state index contributed by atoms with van der Waals surface area (Å²) in [4.78, 5) is 12.9. The van der Waals surface area contributed by atoms with Crippen LogP contribution in [-0.2, 0) is 14.8 Å². The van der Waals surface area contributed by atoms with Crippen LogP contribution in [0.25, 0.3) is 10.6 Å². The quantitative estimate of drug-likeness (QED) is 0.464. The number of ether oxygens (including phenoxy) is 1. The second-order valence-electron chi connectivity index (χ2n) is 6.75. The van der Waals surface area contributed by atoms with E-state index >= 15 is 0 Å². The van der Waals surface area contributed by atoms with Crippen LogP contribution in [0.15, 0.2) is 52.3 Å². The first-order valence-corrected chi connectivity index (χ1v) is 12.8. The van der Waals surface area contributed by atoms with Crippen molar-refractivity contribution in [3.05, 3.63) is 42.5 Å². The van der Waals surface area contributed by atoms with E-state index in [-0.39, 0.29) is 21.9 Å². The highest BCUT2D eigenvalue weighted by Gasteiger charge is 2.20. The predicted molar refractivity (Wildman–Crippen MR) is 124 cm³/mol. The zero-order valence-corrected chi connectivity index (χ0v) is 19.8. The highest BCUT2D eigenvalue weighted by atomic mass is 32.2. The average Bonchev–Trinajstić information content (AvgIpc) is 3.21. The van der Waals surface area contributed by atoms with Crippen LogP contribution in [0.2, 0.25) is 0 Å². The third-order valence-corrected chi connectivity index (χ3v) is 7.40. The predicted octanol–water partition coefficient (Wildman–Crippen LogP) is 4.33. The fourth-order valence-corrected chi connectivity index (χ4v) is 5.06. The topological polar surface area (TPSA) is 110 Å². The van der Waals surface area contributed by atoms with Gasteiger partial charge in [-0.1, -0.05) is 25.2 Å². The molecule has 0 atom stereocenters. The van der Waals surface area contributed by atoms with Gasteiger partial charge in [0.15, 0.2) is 0 Å². The van der Waals surface area contributed by atoms with Gasteiger partial charge in [0, 0.05) is 16.4 Å². The Morgan fingerprint density at radius 1 is 1.13 bits per heavy atom. The van der Waals surface area contributed by atoms with Crippen LogP contribution in [0.5, 0.6) is 5.75 Å². The first-order chi connectivity index (χ1) is 14.7. The smallest absolute Gasteiger partial charge is 0.263 e. The van der Waals surface area contributed by atoms with E-state index in [9.17, 15) is 13.2 Å². The molecule has 0 aliphatic rings. The molecule has 1 heterocycles. The van der Waals surface area contributed by atoms with E-state index in [0.717, 1.165) is 21.8 Å². The maximum atomic E-state index is 12.9. The first kappa shape index (κ1) is 23.0. The fraction of sp³-hybridized carbons (Fsp3) is 0.250. The summed E-state index contributed by atoms with van der Waals surface area (Å²) in [6, 6.07) is 11.8. The summed E-state index contributed by atoms with van der Waals surface area (Å²) in [6.07, 6.45) is 1.86. The van der Waals surface area contributed by atoms with Crippen molar-refractivity contribution in [1.29, 1.82) is 0 Å². The third-order valence-electron chi connectivity index (χ3n) is 4.25. The molecule has 0 unspecified atom stereocenters. The summed E-state index contributed by atoms with van der Waals surface area (Å²) < 4.78 is 33.4. The van der Waals surface area contributed by atoms with E-state index in [1.807, 2.05) is 18.4 Å². The molecule has 1 amide bonds. The van der Waals surface area contributed by atoms with Crippen molar-refractivity contribution in [2.24, 2.45) is 5.92 Å². The number of nitrogens with zero attached hydrogens (tertiary/aromatic N) is 2. The molecule has 0 bridgehead atoms. The normalized spacial score (nSPS) is 11.4. The molecule has 0 fully saturated rings. The zero-order valence-electron chi connectivity index (χ0n) is 17.4. The maximum absolute atomic E-state index is 12.9. The van der Waals surface area contributed by atoms with Crippen LogP contribution in [0, 0.1) is 5.92 Å². The standard InChI is InChI=1S/C20H22N4O4S3/c1-12(2)18(25)21-16-11-15(9-10-17(16)29-4)31(26,27)24-20-23-22-19(30-20)13-5-7-14(28-3)8-6-13/h5-12H,1-4H3,(H,21,25)(H,23,24). The molecule has 0 aliphatic carbocycles. The van der Waals surface area contributed by atoms with E-state index in [1.165, 1.54) is 23.9 Å². The molecule has 8 nitrogen and oxygen atoms in total. The Hall–Kier alpha value is -2.63. The van der Waals surface area contributed by atoms with Crippen LogP contribution in [0.1, 0.15) is 13.8 Å². The summed E-state index contributed by atoms with van der Waals surface area (Å²) >= 11 is 2.54. The highest BCUT2D eigenvalue weighted by Crippen LogP contribution is 2.31. The Morgan fingerprint density at radius 2 is 1.84 bits per heavy atom. The molecule has 31 heavy (non-hydrogen) atoms. The van der Waals surface area contributed by atoms with E-state index in [1.54, 1.807) is 39.2 Å². The lowest BCUT2D eigenvalue weighted by Gasteiger charge is -2.13. The SMILES string of the molecule is COc1ccc(-c2nnc(NS(=O)(=O)c3ccc(SC)c(NC(=O)C(C)C)c3)s2)cc1. The molecular weight excluding hydrogens is 456 g/mol. The third kappa shape index (κ3) is 5.54. The summed E-state index contributed by atoms with van der Waals surface area (Å²) in [5, 5.41) is 11.5. The number of hydrogen-bond acceptors (Lipinski definition) is 8. The van der Waals surface area contributed by atoms with Crippen LogP contribution in [0.4, 0.5) is 10.8 Å². The number of hydrogen-bond donors (Lipinski definition) is 2. The number of thioether (sulfide) groups is 1. The largest absolute Gasteiger partial charge is 0.497 e. The Balaban J connectivity index is 1.83. The summed E-state index contributed by atoms with van der Waals surface area (Å²) in [6.45, 7) is 3.54. The maximum Gasteiger partial charge on any atom is 0.263 e. The number of carbonyl (C=O) groups is 1.